The third kappa shape index (κ3) is 5.71. The zero-order valence-corrected chi connectivity index (χ0v) is 19.1. The fourth-order valence-electron chi connectivity index (χ4n) is 2.77. The minimum atomic E-state index is 0.0139. The number of nitrogens with zero attached hydrogens (tertiary/aromatic N) is 4. The van der Waals surface area contributed by atoms with Crippen LogP contribution in [0.2, 0.25) is 5.02 Å². The van der Waals surface area contributed by atoms with Gasteiger partial charge in [0.2, 0.25) is 6.19 Å². The summed E-state index contributed by atoms with van der Waals surface area (Å²) < 4.78 is 8.17. The molecule has 2 aromatic rings. The highest BCUT2D eigenvalue weighted by molar-refractivity contribution is 7.09. The molecule has 154 valence electrons. The van der Waals surface area contributed by atoms with Crippen molar-refractivity contribution in [2.24, 2.45) is 15.9 Å². The molecule has 3 rings (SSSR count). The summed E-state index contributed by atoms with van der Waals surface area (Å²) in [5.41, 5.74) is 0.660. The molecule has 0 spiro atoms. The maximum Gasteiger partial charge on any atom is 0.207 e. The van der Waals surface area contributed by atoms with Gasteiger partial charge in [0.15, 0.2) is 10.6 Å². The van der Waals surface area contributed by atoms with Gasteiger partial charge in [0.05, 0.1) is 11.7 Å². The monoisotopic (exact) mass is 430 g/mol. The van der Waals surface area contributed by atoms with Crippen LogP contribution in [0.1, 0.15) is 57.9 Å². The van der Waals surface area contributed by atoms with Crippen molar-refractivity contribution in [3.63, 3.8) is 0 Å². The van der Waals surface area contributed by atoms with Crippen LogP contribution in [0, 0.1) is 17.4 Å². The molecule has 1 aliphatic rings. The second-order valence-corrected chi connectivity index (χ2v) is 10.2. The number of nitriles is 1. The van der Waals surface area contributed by atoms with Crippen molar-refractivity contribution in [3.05, 3.63) is 44.7 Å². The minimum Gasteiger partial charge on any atom is -0.490 e. The second kappa shape index (κ2) is 8.73. The van der Waals surface area contributed by atoms with E-state index in [9.17, 15) is 5.26 Å². The molecule has 0 unspecified atom stereocenters. The summed E-state index contributed by atoms with van der Waals surface area (Å²) in [7, 11) is 0. The maximum absolute atomic E-state index is 9.30. The molecule has 1 saturated carbocycles. The predicted molar refractivity (Wildman–Crippen MR) is 119 cm³/mol. The number of aliphatic imine (C=N–C) groups is 1. The van der Waals surface area contributed by atoms with Gasteiger partial charge in [-0.05, 0) is 42.4 Å². The molecule has 1 aromatic heterocycles. The van der Waals surface area contributed by atoms with E-state index in [1.54, 1.807) is 23.5 Å². The Morgan fingerprint density at radius 3 is 2.69 bits per heavy atom. The van der Waals surface area contributed by atoms with Gasteiger partial charge in [0.25, 0.3) is 0 Å². The van der Waals surface area contributed by atoms with E-state index in [1.807, 2.05) is 12.3 Å². The van der Waals surface area contributed by atoms with Crippen molar-refractivity contribution in [2.75, 3.05) is 0 Å². The van der Waals surface area contributed by atoms with Gasteiger partial charge in [-0.15, -0.1) is 11.3 Å². The average Bonchev–Trinajstić information content (AvgIpc) is 3.35. The Morgan fingerprint density at radius 1 is 1.38 bits per heavy atom. The smallest absolute Gasteiger partial charge is 0.207 e. The number of benzene rings is 1. The first kappa shape index (κ1) is 21.6. The Morgan fingerprint density at radius 2 is 2.10 bits per heavy atom. The van der Waals surface area contributed by atoms with Crippen LogP contribution in [0.3, 0.4) is 0 Å². The molecule has 0 aliphatic heterocycles. The molecular formula is C22H27ClN4OS. The van der Waals surface area contributed by atoms with Crippen molar-refractivity contribution in [3.8, 4) is 11.9 Å². The highest BCUT2D eigenvalue weighted by atomic mass is 35.5. The summed E-state index contributed by atoms with van der Waals surface area (Å²) in [5, 5.41) is 9.86. The van der Waals surface area contributed by atoms with Crippen LogP contribution < -0.4 is 9.54 Å². The molecule has 0 radical (unpaired) electrons. The van der Waals surface area contributed by atoms with Gasteiger partial charge in [-0.2, -0.15) is 15.2 Å². The molecule has 1 heterocycles. The molecule has 1 fully saturated rings. The van der Waals surface area contributed by atoms with E-state index in [2.05, 4.69) is 50.4 Å². The Kier molecular flexibility index (Phi) is 6.50. The van der Waals surface area contributed by atoms with E-state index in [4.69, 9.17) is 21.3 Å². The Balaban J connectivity index is 2.13. The van der Waals surface area contributed by atoms with E-state index in [0.717, 1.165) is 24.2 Å². The highest BCUT2D eigenvalue weighted by Crippen LogP contribution is 2.31. The van der Waals surface area contributed by atoms with Crippen molar-refractivity contribution in [1.82, 2.24) is 4.57 Å². The molecule has 1 aliphatic carbocycles. The molecule has 29 heavy (non-hydrogen) atoms. The molecule has 5 nitrogen and oxygen atoms in total. The molecule has 7 heteroatoms. The fourth-order valence-corrected chi connectivity index (χ4v) is 4.00. The van der Waals surface area contributed by atoms with Crippen LogP contribution in [0.5, 0.6) is 5.75 Å². The molecule has 0 atom stereocenters. The molecule has 0 saturated heterocycles. The zero-order valence-electron chi connectivity index (χ0n) is 17.6. The van der Waals surface area contributed by atoms with E-state index < -0.39 is 0 Å². The summed E-state index contributed by atoms with van der Waals surface area (Å²) in [4.78, 5) is 10.9. The minimum absolute atomic E-state index is 0.0139. The topological polar surface area (TPSA) is 62.7 Å². The normalized spacial score (nSPS) is 15.7. The largest absolute Gasteiger partial charge is 0.490 e. The first-order valence-corrected chi connectivity index (χ1v) is 11.1. The lowest BCUT2D eigenvalue weighted by Gasteiger charge is -2.14. The van der Waals surface area contributed by atoms with E-state index >= 15 is 0 Å². The van der Waals surface area contributed by atoms with Crippen LogP contribution in [0.25, 0.3) is 0 Å². The van der Waals surface area contributed by atoms with Gasteiger partial charge in [0, 0.05) is 22.6 Å². The number of ether oxygens (including phenoxy) is 1. The fraction of sp³-hybridized carbons (Fsp3) is 0.500. The average molecular weight is 431 g/mol. The first-order valence-electron chi connectivity index (χ1n) is 9.86. The number of hydrogen-bond donors (Lipinski definition) is 0. The summed E-state index contributed by atoms with van der Waals surface area (Å²) >= 11 is 7.87. The summed E-state index contributed by atoms with van der Waals surface area (Å²) in [5.74, 6) is 1.45. The number of rotatable bonds is 5. The predicted octanol–water partition coefficient (Wildman–Crippen LogP) is 5.53. The Hall–Kier alpha value is -2.10. The van der Waals surface area contributed by atoms with Crippen molar-refractivity contribution in [1.29, 1.82) is 5.26 Å². The van der Waals surface area contributed by atoms with Gasteiger partial charge >= 0.3 is 0 Å². The van der Waals surface area contributed by atoms with E-state index in [-0.39, 0.29) is 11.5 Å². The van der Waals surface area contributed by atoms with E-state index in [1.165, 1.54) is 4.88 Å². The summed E-state index contributed by atoms with van der Waals surface area (Å²) in [6, 6.07) is 5.38. The van der Waals surface area contributed by atoms with Gasteiger partial charge < -0.3 is 9.30 Å². The number of aromatic nitrogens is 1. The van der Waals surface area contributed by atoms with Gasteiger partial charge in [0.1, 0.15) is 5.75 Å². The van der Waals surface area contributed by atoms with Gasteiger partial charge in [-0.1, -0.05) is 46.2 Å². The van der Waals surface area contributed by atoms with Crippen molar-refractivity contribution in [2.45, 2.75) is 65.5 Å². The third-order valence-electron chi connectivity index (χ3n) is 4.38. The third-order valence-corrected chi connectivity index (χ3v) is 6.06. The lowest BCUT2D eigenvalue weighted by Crippen LogP contribution is -2.19. The molecular weight excluding hydrogens is 404 g/mol. The Labute approximate surface area is 181 Å². The maximum atomic E-state index is 9.30. The van der Waals surface area contributed by atoms with Gasteiger partial charge in [-0.25, -0.2) is 0 Å². The van der Waals surface area contributed by atoms with Crippen LogP contribution in [-0.4, -0.2) is 16.5 Å². The van der Waals surface area contributed by atoms with Crippen LogP contribution in [0.15, 0.2) is 34.4 Å². The van der Waals surface area contributed by atoms with E-state index in [0.29, 0.717) is 28.1 Å². The molecule has 1 aromatic carbocycles. The van der Waals surface area contributed by atoms with Crippen molar-refractivity contribution >= 4 is 28.8 Å². The summed E-state index contributed by atoms with van der Waals surface area (Å²) in [6.45, 7) is 11.7. The molecule has 0 N–H and O–H groups in total. The SMILES string of the molecule is CC(C)Cn1cc(C(C)(C)C)s/c1=N\C(=NC#N)c1cc(Cl)ccc1OC1CC1. The van der Waals surface area contributed by atoms with Crippen molar-refractivity contribution < 1.29 is 4.74 Å². The number of thiazole rings is 1. The van der Waals surface area contributed by atoms with Crippen LogP contribution in [-0.2, 0) is 12.0 Å². The van der Waals surface area contributed by atoms with Gasteiger partial charge in [-0.3, -0.25) is 0 Å². The van der Waals surface area contributed by atoms with Crippen LogP contribution in [0.4, 0.5) is 0 Å². The Bertz CT molecular complexity index is 1020. The molecule has 0 bridgehead atoms. The quantitative estimate of drug-likeness (QED) is 0.356. The summed E-state index contributed by atoms with van der Waals surface area (Å²) in [6.07, 6.45) is 6.35. The lowest BCUT2D eigenvalue weighted by atomic mass is 9.95. The zero-order chi connectivity index (χ0) is 21.2. The second-order valence-electron chi connectivity index (χ2n) is 8.78. The first-order chi connectivity index (χ1) is 13.7. The highest BCUT2D eigenvalue weighted by Gasteiger charge is 2.26. The number of amidine groups is 1. The number of halogens is 1. The lowest BCUT2D eigenvalue weighted by molar-refractivity contribution is 0.302. The number of hydrogen-bond acceptors (Lipinski definition) is 4. The molecule has 0 amide bonds. The van der Waals surface area contributed by atoms with Crippen LogP contribution >= 0.6 is 22.9 Å². The standard InChI is InChI=1S/C22H27ClN4OS/c1-14(2)11-27-12-19(22(3,4)5)29-21(27)26-20(25-13-24)17-10-15(23)6-9-18(17)28-16-7-8-16/h6,9-10,12,14,16H,7-8,11H2,1-5H3/b25-20?,26-21-.